The molecule has 2 saturated heterocycles. The molecule has 25 nitrogen and oxygen atoms in total. The molecule has 70 heavy (non-hydrogen) atoms. The van der Waals surface area contributed by atoms with Gasteiger partial charge in [-0.05, 0) is 25.3 Å². The number of carbonyl (C=O) groups is 10. The predicted octanol–water partition coefficient (Wildman–Crippen LogP) is 0.365. The summed E-state index contributed by atoms with van der Waals surface area (Å²) in [5.74, 6) is -12.3. The van der Waals surface area contributed by atoms with Gasteiger partial charge in [0.05, 0.1) is 31.2 Å². The van der Waals surface area contributed by atoms with E-state index < -0.39 is 177 Å². The molecule has 0 radical (unpaired) electrons. The van der Waals surface area contributed by atoms with Crippen molar-refractivity contribution in [1.82, 2.24) is 5.32 Å². The summed E-state index contributed by atoms with van der Waals surface area (Å²) in [5, 5.41) is 12.9. The van der Waals surface area contributed by atoms with E-state index in [-0.39, 0.29) is 6.61 Å². The molecule has 1 aromatic carbocycles. The van der Waals surface area contributed by atoms with Crippen molar-refractivity contribution in [3.63, 3.8) is 0 Å². The molecule has 1 saturated carbocycles. The van der Waals surface area contributed by atoms with Gasteiger partial charge in [-0.15, -0.1) is 0 Å². The summed E-state index contributed by atoms with van der Waals surface area (Å²) in [7, 11) is 1.05. The second-order valence-corrected chi connectivity index (χ2v) is 16.4. The Kier molecular flexibility index (Phi) is 21.0. The first-order chi connectivity index (χ1) is 33.0. The Hall–Kier alpha value is -6.28. The van der Waals surface area contributed by atoms with Crippen LogP contribution in [0.2, 0.25) is 0 Å². The molecule has 1 aliphatic carbocycles. The molecule has 1 aromatic rings. The van der Waals surface area contributed by atoms with Gasteiger partial charge in [-0.25, -0.2) is 4.79 Å². The van der Waals surface area contributed by atoms with Gasteiger partial charge < -0.3 is 72.0 Å². The lowest BCUT2D eigenvalue weighted by Gasteiger charge is -2.50. The number of nitrogens with one attached hydrogen (secondary N) is 1. The van der Waals surface area contributed by atoms with E-state index in [1.165, 1.54) is 6.92 Å². The lowest BCUT2D eigenvalue weighted by atomic mass is 9.76. The van der Waals surface area contributed by atoms with E-state index in [0.717, 1.165) is 55.6 Å². The van der Waals surface area contributed by atoms with Crippen molar-refractivity contribution in [3.8, 4) is 0 Å². The fraction of sp³-hybridized carbons (Fsp3) is 0.644. The maximum absolute atomic E-state index is 13.3. The van der Waals surface area contributed by atoms with Crippen molar-refractivity contribution in [1.29, 1.82) is 0 Å². The quantitative estimate of drug-likeness (QED) is 0.132. The van der Waals surface area contributed by atoms with Gasteiger partial charge in [0, 0.05) is 48.5 Å². The fourth-order valence-electron chi connectivity index (χ4n) is 8.13. The summed E-state index contributed by atoms with van der Waals surface area (Å²) in [6.45, 7) is 7.03. The van der Waals surface area contributed by atoms with Gasteiger partial charge in [0.1, 0.15) is 44.2 Å². The van der Waals surface area contributed by atoms with Gasteiger partial charge in [0.25, 0.3) is 0 Å². The highest BCUT2D eigenvalue weighted by Crippen LogP contribution is 2.39. The Bertz CT molecular complexity index is 2050. The molecule has 3 fully saturated rings. The summed E-state index contributed by atoms with van der Waals surface area (Å²) < 4.78 is 74.9. The molecule has 25 heteroatoms. The first-order valence-corrected chi connectivity index (χ1v) is 22.0. The number of aliphatic carboxylic acids is 1. The number of esters is 8. The minimum atomic E-state index is -1.97. The van der Waals surface area contributed by atoms with E-state index in [0.29, 0.717) is 5.56 Å². The second kappa shape index (κ2) is 26.1. The van der Waals surface area contributed by atoms with Crippen molar-refractivity contribution >= 4 is 59.6 Å². The minimum Gasteiger partial charge on any atom is -0.481 e. The zero-order valence-corrected chi connectivity index (χ0v) is 39.9. The molecular weight excluding hydrogens is 938 g/mol. The van der Waals surface area contributed by atoms with Crippen LogP contribution in [0.4, 0.5) is 0 Å². The van der Waals surface area contributed by atoms with Crippen LogP contribution in [0.3, 0.4) is 0 Å². The topological polar surface area (TPSA) is 323 Å². The number of hydrogen-bond acceptors (Lipinski definition) is 23. The van der Waals surface area contributed by atoms with Crippen LogP contribution in [0.15, 0.2) is 30.3 Å². The third-order valence-electron chi connectivity index (χ3n) is 10.9. The van der Waals surface area contributed by atoms with Crippen LogP contribution < -0.4 is 5.32 Å². The van der Waals surface area contributed by atoms with Gasteiger partial charge in [0.2, 0.25) is 5.91 Å². The zero-order valence-electron chi connectivity index (χ0n) is 39.9. The highest BCUT2D eigenvalue weighted by molar-refractivity contribution is 5.81. The number of hydrogen-bond donors (Lipinski definition) is 2. The summed E-state index contributed by atoms with van der Waals surface area (Å²) >= 11 is 0. The molecule has 3 aliphatic rings. The van der Waals surface area contributed by atoms with Crippen LogP contribution in [-0.2, 0) is 116 Å². The van der Waals surface area contributed by atoms with E-state index in [2.05, 4.69) is 5.32 Å². The highest BCUT2D eigenvalue weighted by Gasteiger charge is 2.58. The molecule has 4 rings (SSSR count). The molecule has 2 heterocycles. The first kappa shape index (κ1) is 56.3. The number of carboxylic acids is 1. The molecule has 0 bridgehead atoms. The molecule has 15 atom stereocenters. The van der Waals surface area contributed by atoms with Crippen molar-refractivity contribution < 1.29 is 115 Å². The van der Waals surface area contributed by atoms with Crippen molar-refractivity contribution in [3.05, 3.63) is 35.9 Å². The number of ether oxygens (including phenoxy) is 13. The van der Waals surface area contributed by atoms with Crippen molar-refractivity contribution in [2.24, 2.45) is 11.8 Å². The summed E-state index contributed by atoms with van der Waals surface area (Å²) in [6, 6.07) is 7.01. The largest absolute Gasteiger partial charge is 0.481 e. The Morgan fingerprint density at radius 1 is 0.614 bits per heavy atom. The molecule has 0 spiro atoms. The molecule has 2 aliphatic heterocycles. The summed E-state index contributed by atoms with van der Waals surface area (Å²) in [4.78, 5) is 127. The number of carboxylic acid groups (broad SMARTS) is 1. The van der Waals surface area contributed by atoms with Gasteiger partial charge >= 0.3 is 53.7 Å². The van der Waals surface area contributed by atoms with Gasteiger partial charge in [-0.3, -0.25) is 43.2 Å². The number of amides is 1. The van der Waals surface area contributed by atoms with E-state index in [9.17, 15) is 53.1 Å². The van der Waals surface area contributed by atoms with Crippen LogP contribution in [-0.4, -0.2) is 165 Å². The van der Waals surface area contributed by atoms with Crippen LogP contribution in [0, 0.1) is 11.8 Å². The molecule has 2 N–H and O–H groups in total. The van der Waals surface area contributed by atoms with Crippen LogP contribution in [0.25, 0.3) is 0 Å². The smallest absolute Gasteiger partial charge is 0.335 e. The maximum Gasteiger partial charge on any atom is 0.335 e. The van der Waals surface area contributed by atoms with Gasteiger partial charge in [-0.2, -0.15) is 0 Å². The lowest BCUT2D eigenvalue weighted by molar-refractivity contribution is -0.352. The molecular formula is C45H59NO24. The number of methoxy groups -OCH3 is 1. The molecule has 0 unspecified atom stereocenters. The van der Waals surface area contributed by atoms with E-state index >= 15 is 0 Å². The number of carbonyl (C=O) groups excluding carboxylic acids is 9. The third-order valence-corrected chi connectivity index (χ3v) is 10.9. The van der Waals surface area contributed by atoms with Crippen LogP contribution in [0.5, 0.6) is 0 Å². The Morgan fingerprint density at radius 3 is 1.61 bits per heavy atom. The number of benzene rings is 1. The second-order valence-electron chi connectivity index (χ2n) is 16.4. The average molecular weight is 998 g/mol. The normalized spacial score (nSPS) is 29.9. The van der Waals surface area contributed by atoms with Crippen molar-refractivity contribution in [2.45, 2.75) is 154 Å². The Balaban J connectivity index is 1.87. The average Bonchev–Trinajstić information content (AvgIpc) is 3.27. The standard InChI is InChI=1S/C45H59NO24/c1-20(42(56)61-17-28-13-11-10-12-14-28)62-31-15-29(41(54)55)30(43(57)58-9)16-32(31)67-44-35(46-21(2)47)38(36(63-24(5)50)33(68-44)18-59-22(3)48)70-45-40(66-27(8)53)39(65-26(7)52)37(64-25(6)51)34(69-45)19-60-23(4)49/h10-14,20,29-40,44-45H,15-19H2,1-9H3,(H,46,47)(H,54,55)/t20-,29+,30+,31-,32+,33-,34-,35-,36+,37+,38-,39+,40-,44-,45+/m1/s1. The predicted molar refractivity (Wildman–Crippen MR) is 227 cm³/mol. The molecule has 388 valence electrons. The van der Waals surface area contributed by atoms with Gasteiger partial charge in [0.15, 0.2) is 43.1 Å². The summed E-state index contributed by atoms with van der Waals surface area (Å²) in [6.07, 6.45) is -20.7. The summed E-state index contributed by atoms with van der Waals surface area (Å²) in [5.41, 5.74) is 0.656. The fourth-order valence-corrected chi connectivity index (χ4v) is 8.13. The zero-order chi connectivity index (χ0) is 52.0. The number of rotatable bonds is 20. The minimum absolute atomic E-state index is 0.136. The Morgan fingerprint density at radius 2 is 1.11 bits per heavy atom. The maximum atomic E-state index is 13.3. The van der Waals surface area contributed by atoms with Crippen LogP contribution in [0.1, 0.15) is 73.8 Å². The van der Waals surface area contributed by atoms with Crippen LogP contribution >= 0.6 is 0 Å². The molecule has 1 amide bonds. The lowest BCUT2D eigenvalue weighted by Crippen LogP contribution is -2.70. The van der Waals surface area contributed by atoms with E-state index in [4.69, 9.17) is 61.6 Å². The first-order valence-electron chi connectivity index (χ1n) is 22.0. The Labute approximate surface area is 401 Å². The third kappa shape index (κ3) is 16.1. The monoisotopic (exact) mass is 997 g/mol. The SMILES string of the molecule is COC(=O)[C@H]1C[C@H](O[C@@H]2O[C@H](COC(C)=O)[C@H](OC(C)=O)[C@H](O[C@@H]3O[C@H](COC(C)=O)[C@H](OC(C)=O)[C@H](OC(C)=O)[C@H]3OC(C)=O)[C@H]2NC(C)=O)[C@H](O[C@H](C)C(=O)OCc2ccccc2)C[C@@H]1C(=O)O. The van der Waals surface area contributed by atoms with Crippen molar-refractivity contribution in [2.75, 3.05) is 20.3 Å². The van der Waals surface area contributed by atoms with E-state index in [1.807, 2.05) is 0 Å². The molecule has 0 aromatic heterocycles. The van der Waals surface area contributed by atoms with Gasteiger partial charge in [-0.1, -0.05) is 30.3 Å². The van der Waals surface area contributed by atoms with E-state index in [1.54, 1.807) is 30.3 Å². The highest BCUT2D eigenvalue weighted by atomic mass is 16.8.